The van der Waals surface area contributed by atoms with E-state index in [0.29, 0.717) is 12.8 Å². The number of Topliss-reactive ketones (excluding diaryl/α,β-unsaturated/α-hetero) is 1. The average Bonchev–Trinajstić information content (AvgIpc) is 2.93. The number of hydrogen-bond acceptors (Lipinski definition) is 2. The van der Waals surface area contributed by atoms with Gasteiger partial charge in [0.1, 0.15) is 11.6 Å². The lowest BCUT2D eigenvalue weighted by Gasteiger charge is -2.01. The minimum absolute atomic E-state index is 0.189. The third-order valence-electron chi connectivity index (χ3n) is 3.40. The number of hydrogen-bond donors (Lipinski definition) is 1. The van der Waals surface area contributed by atoms with E-state index in [2.05, 4.69) is 40.3 Å². The Balaban J connectivity index is 1.89. The fourth-order valence-electron chi connectivity index (χ4n) is 2.29. The smallest absolute Gasteiger partial charge is 0.130 e. The molecule has 3 heteroatoms. The van der Waals surface area contributed by atoms with Crippen LogP contribution >= 0.6 is 0 Å². The first-order valence-corrected chi connectivity index (χ1v) is 6.75. The predicted octanol–water partition coefficient (Wildman–Crippen LogP) is 3.75. The van der Waals surface area contributed by atoms with Crippen LogP contribution in [0.3, 0.4) is 0 Å². The van der Waals surface area contributed by atoms with Crippen molar-refractivity contribution in [2.45, 2.75) is 19.8 Å². The summed E-state index contributed by atoms with van der Waals surface area (Å²) in [6.07, 6.45) is 3.03. The van der Waals surface area contributed by atoms with Gasteiger partial charge in [-0.3, -0.25) is 0 Å². The molecule has 0 amide bonds. The first-order chi connectivity index (χ1) is 9.72. The van der Waals surface area contributed by atoms with E-state index in [-0.39, 0.29) is 5.78 Å². The molecule has 3 rings (SSSR count). The lowest BCUT2D eigenvalue weighted by molar-refractivity contribution is -0.117. The minimum Gasteiger partial charge on any atom is -0.342 e. The maximum Gasteiger partial charge on any atom is 0.130 e. The normalized spacial score (nSPS) is 10.8. The molecule has 0 fully saturated rings. The Bertz CT molecular complexity index is 758. The number of aromatic nitrogens is 2. The SMILES string of the molecule is CC(=O)CCc1ncc(-c2ccc3ccccc3c2)[nH]1. The number of ketones is 1. The van der Waals surface area contributed by atoms with Gasteiger partial charge in [0.05, 0.1) is 11.9 Å². The second-order valence-electron chi connectivity index (χ2n) is 5.01. The van der Waals surface area contributed by atoms with E-state index in [1.54, 1.807) is 6.92 Å². The van der Waals surface area contributed by atoms with Crippen molar-refractivity contribution in [2.75, 3.05) is 0 Å². The fourth-order valence-corrected chi connectivity index (χ4v) is 2.29. The van der Waals surface area contributed by atoms with Crippen molar-refractivity contribution >= 4 is 16.6 Å². The minimum atomic E-state index is 0.189. The Hall–Kier alpha value is -2.42. The molecule has 3 nitrogen and oxygen atoms in total. The highest BCUT2D eigenvalue weighted by atomic mass is 16.1. The third kappa shape index (κ3) is 2.62. The zero-order chi connectivity index (χ0) is 13.9. The number of fused-ring (bicyclic) bond motifs is 1. The van der Waals surface area contributed by atoms with Crippen LogP contribution in [0.2, 0.25) is 0 Å². The molecular formula is C17H16N2O. The molecule has 0 unspecified atom stereocenters. The van der Waals surface area contributed by atoms with Crippen LogP contribution in [0.4, 0.5) is 0 Å². The highest BCUT2D eigenvalue weighted by molar-refractivity contribution is 5.86. The summed E-state index contributed by atoms with van der Waals surface area (Å²) >= 11 is 0. The Morgan fingerprint density at radius 3 is 2.75 bits per heavy atom. The van der Waals surface area contributed by atoms with Crippen LogP contribution in [0.5, 0.6) is 0 Å². The van der Waals surface area contributed by atoms with Gasteiger partial charge in [-0.2, -0.15) is 0 Å². The standard InChI is InChI=1S/C17H16N2O/c1-12(20)6-9-17-18-11-16(19-17)15-8-7-13-4-2-3-5-14(13)10-15/h2-5,7-8,10-11H,6,9H2,1H3,(H,18,19). The predicted molar refractivity (Wildman–Crippen MR) is 80.5 cm³/mol. The molecule has 0 radical (unpaired) electrons. The average molecular weight is 264 g/mol. The molecule has 2 aromatic carbocycles. The molecule has 0 saturated heterocycles. The van der Waals surface area contributed by atoms with E-state index in [4.69, 9.17) is 0 Å². The van der Waals surface area contributed by atoms with Gasteiger partial charge in [0.2, 0.25) is 0 Å². The number of aryl methyl sites for hydroxylation is 1. The van der Waals surface area contributed by atoms with E-state index in [0.717, 1.165) is 17.1 Å². The summed E-state index contributed by atoms with van der Waals surface area (Å²) < 4.78 is 0. The van der Waals surface area contributed by atoms with Crippen LogP contribution in [-0.2, 0) is 11.2 Å². The van der Waals surface area contributed by atoms with Gasteiger partial charge in [-0.05, 0) is 23.8 Å². The van der Waals surface area contributed by atoms with Crippen LogP contribution in [0.25, 0.3) is 22.0 Å². The molecule has 0 saturated carbocycles. The highest BCUT2D eigenvalue weighted by Crippen LogP contribution is 2.23. The Labute approximate surface area is 117 Å². The van der Waals surface area contributed by atoms with Crippen molar-refractivity contribution in [3.05, 3.63) is 54.5 Å². The number of aromatic amines is 1. The highest BCUT2D eigenvalue weighted by Gasteiger charge is 2.05. The van der Waals surface area contributed by atoms with Crippen molar-refractivity contribution in [3.63, 3.8) is 0 Å². The molecule has 1 aromatic heterocycles. The maximum absolute atomic E-state index is 11.0. The van der Waals surface area contributed by atoms with Gasteiger partial charge in [-0.1, -0.05) is 36.4 Å². The lowest BCUT2D eigenvalue weighted by Crippen LogP contribution is -1.95. The monoisotopic (exact) mass is 264 g/mol. The summed E-state index contributed by atoms with van der Waals surface area (Å²) in [6.45, 7) is 1.60. The largest absolute Gasteiger partial charge is 0.342 e. The molecule has 100 valence electrons. The second kappa shape index (κ2) is 5.29. The first kappa shape index (κ1) is 12.6. The molecule has 1 heterocycles. The van der Waals surface area contributed by atoms with E-state index in [1.807, 2.05) is 18.3 Å². The van der Waals surface area contributed by atoms with Gasteiger partial charge in [0.25, 0.3) is 0 Å². The van der Waals surface area contributed by atoms with E-state index < -0.39 is 0 Å². The van der Waals surface area contributed by atoms with E-state index >= 15 is 0 Å². The molecule has 0 aliphatic heterocycles. The number of benzene rings is 2. The Morgan fingerprint density at radius 2 is 1.95 bits per heavy atom. The van der Waals surface area contributed by atoms with Gasteiger partial charge >= 0.3 is 0 Å². The van der Waals surface area contributed by atoms with E-state index in [9.17, 15) is 4.79 Å². The number of nitrogens with one attached hydrogen (secondary N) is 1. The van der Waals surface area contributed by atoms with Gasteiger partial charge in [0.15, 0.2) is 0 Å². The van der Waals surface area contributed by atoms with Crippen molar-refractivity contribution < 1.29 is 4.79 Å². The van der Waals surface area contributed by atoms with Gasteiger partial charge < -0.3 is 9.78 Å². The van der Waals surface area contributed by atoms with Crippen LogP contribution in [0.1, 0.15) is 19.2 Å². The Morgan fingerprint density at radius 1 is 1.15 bits per heavy atom. The summed E-state index contributed by atoms with van der Waals surface area (Å²) in [5, 5.41) is 2.44. The summed E-state index contributed by atoms with van der Waals surface area (Å²) in [5.41, 5.74) is 2.11. The fraction of sp³-hybridized carbons (Fsp3) is 0.176. The molecule has 0 spiro atoms. The number of nitrogens with zero attached hydrogens (tertiary/aromatic N) is 1. The van der Waals surface area contributed by atoms with Crippen LogP contribution in [0, 0.1) is 0 Å². The number of carbonyl (C=O) groups excluding carboxylic acids is 1. The number of rotatable bonds is 4. The van der Waals surface area contributed by atoms with Gasteiger partial charge in [-0.25, -0.2) is 4.98 Å². The topological polar surface area (TPSA) is 45.8 Å². The second-order valence-corrected chi connectivity index (χ2v) is 5.01. The summed E-state index contributed by atoms with van der Waals surface area (Å²) in [7, 11) is 0. The summed E-state index contributed by atoms with van der Waals surface area (Å²) in [5.74, 6) is 1.05. The zero-order valence-electron chi connectivity index (χ0n) is 11.4. The van der Waals surface area contributed by atoms with Gasteiger partial charge in [0, 0.05) is 18.4 Å². The van der Waals surface area contributed by atoms with Crippen molar-refractivity contribution in [2.24, 2.45) is 0 Å². The molecule has 0 aliphatic carbocycles. The molecule has 3 aromatic rings. The first-order valence-electron chi connectivity index (χ1n) is 6.75. The van der Waals surface area contributed by atoms with Crippen LogP contribution in [-0.4, -0.2) is 15.8 Å². The molecule has 1 N–H and O–H groups in total. The molecule has 0 aliphatic rings. The lowest BCUT2D eigenvalue weighted by atomic mass is 10.1. The number of carbonyl (C=O) groups is 1. The number of imidazole rings is 1. The molecule has 0 atom stereocenters. The van der Waals surface area contributed by atoms with Crippen molar-refractivity contribution in [1.82, 2.24) is 9.97 Å². The summed E-state index contributed by atoms with van der Waals surface area (Å²) in [4.78, 5) is 18.6. The van der Waals surface area contributed by atoms with Crippen LogP contribution < -0.4 is 0 Å². The Kier molecular flexibility index (Phi) is 3.33. The number of H-pyrrole nitrogens is 1. The van der Waals surface area contributed by atoms with E-state index in [1.165, 1.54) is 10.8 Å². The summed E-state index contributed by atoms with van der Waals surface area (Å²) in [6, 6.07) is 14.6. The molecule has 20 heavy (non-hydrogen) atoms. The third-order valence-corrected chi connectivity index (χ3v) is 3.40. The van der Waals surface area contributed by atoms with Crippen molar-refractivity contribution in [3.8, 4) is 11.3 Å². The van der Waals surface area contributed by atoms with Gasteiger partial charge in [-0.15, -0.1) is 0 Å². The van der Waals surface area contributed by atoms with Crippen molar-refractivity contribution in [1.29, 1.82) is 0 Å². The zero-order valence-corrected chi connectivity index (χ0v) is 11.4. The maximum atomic E-state index is 11.0. The molecular weight excluding hydrogens is 248 g/mol. The van der Waals surface area contributed by atoms with Crippen LogP contribution in [0.15, 0.2) is 48.7 Å². The molecule has 0 bridgehead atoms. The quantitative estimate of drug-likeness (QED) is 0.780.